The first kappa shape index (κ1) is 13.8. The Morgan fingerprint density at radius 1 is 1.32 bits per heavy atom. The van der Waals surface area contributed by atoms with Gasteiger partial charge in [-0.1, -0.05) is 37.1 Å². The van der Waals surface area contributed by atoms with Gasteiger partial charge in [-0.15, -0.1) is 0 Å². The molecular formula is C16H20O3. The molecular weight excluding hydrogens is 240 g/mol. The molecule has 1 aliphatic carbocycles. The fourth-order valence-corrected chi connectivity index (χ4v) is 2.63. The van der Waals surface area contributed by atoms with E-state index < -0.39 is 5.97 Å². The third kappa shape index (κ3) is 3.44. The van der Waals surface area contributed by atoms with Gasteiger partial charge in [0, 0.05) is 5.92 Å². The fourth-order valence-electron chi connectivity index (χ4n) is 2.63. The zero-order valence-electron chi connectivity index (χ0n) is 11.2. The number of carboxylic acid groups (broad SMARTS) is 1. The molecule has 1 aliphatic rings. The highest BCUT2D eigenvalue weighted by molar-refractivity contribution is 5.89. The Hall–Kier alpha value is -1.61. The van der Waals surface area contributed by atoms with Gasteiger partial charge in [-0.3, -0.25) is 0 Å². The molecule has 1 fully saturated rings. The summed E-state index contributed by atoms with van der Waals surface area (Å²) >= 11 is 0. The topological polar surface area (TPSA) is 57.5 Å². The molecule has 0 aromatic heterocycles. The monoisotopic (exact) mass is 260 g/mol. The number of carboxylic acids is 1. The minimum atomic E-state index is -0.893. The summed E-state index contributed by atoms with van der Waals surface area (Å²) in [5.41, 5.74) is 2.09. The average Bonchev–Trinajstić information content (AvgIpc) is 2.37. The summed E-state index contributed by atoms with van der Waals surface area (Å²) in [4.78, 5) is 10.9. The first-order valence-corrected chi connectivity index (χ1v) is 6.78. The van der Waals surface area contributed by atoms with Crippen molar-refractivity contribution in [2.75, 3.05) is 0 Å². The van der Waals surface area contributed by atoms with Crippen LogP contribution in [0.15, 0.2) is 24.3 Å². The Labute approximate surface area is 113 Å². The lowest BCUT2D eigenvalue weighted by atomic mass is 9.86. The van der Waals surface area contributed by atoms with Crippen LogP contribution in [0.25, 0.3) is 6.08 Å². The van der Waals surface area contributed by atoms with Crippen LogP contribution < -0.4 is 0 Å². The molecule has 102 valence electrons. The minimum absolute atomic E-state index is 0.230. The molecule has 0 aliphatic heterocycles. The lowest BCUT2D eigenvalue weighted by Gasteiger charge is -2.24. The molecule has 1 saturated carbocycles. The first-order chi connectivity index (χ1) is 9.08. The SMILES string of the molecule is Cc1cc(/C=C/[C@@H]2CCCC[C@H]2O)ccc1C(=O)O. The lowest BCUT2D eigenvalue weighted by Crippen LogP contribution is -2.22. The Kier molecular flexibility index (Phi) is 4.38. The molecule has 0 heterocycles. The Morgan fingerprint density at radius 3 is 2.68 bits per heavy atom. The van der Waals surface area contributed by atoms with Crippen molar-refractivity contribution < 1.29 is 15.0 Å². The summed E-state index contributed by atoms with van der Waals surface area (Å²) in [5.74, 6) is -0.663. The average molecular weight is 260 g/mol. The van der Waals surface area contributed by atoms with Crippen molar-refractivity contribution in [3.8, 4) is 0 Å². The fraction of sp³-hybridized carbons (Fsp3) is 0.438. The van der Waals surface area contributed by atoms with Crippen molar-refractivity contribution in [1.82, 2.24) is 0 Å². The largest absolute Gasteiger partial charge is 0.478 e. The van der Waals surface area contributed by atoms with E-state index in [0.717, 1.165) is 30.4 Å². The molecule has 19 heavy (non-hydrogen) atoms. The molecule has 0 bridgehead atoms. The maximum Gasteiger partial charge on any atom is 0.335 e. The number of hydrogen-bond acceptors (Lipinski definition) is 2. The third-order valence-electron chi connectivity index (χ3n) is 3.80. The number of benzene rings is 1. The molecule has 0 saturated heterocycles. The quantitative estimate of drug-likeness (QED) is 0.877. The van der Waals surface area contributed by atoms with Gasteiger partial charge in [0.05, 0.1) is 11.7 Å². The van der Waals surface area contributed by atoms with E-state index in [4.69, 9.17) is 5.11 Å². The van der Waals surface area contributed by atoms with Crippen LogP contribution in [0, 0.1) is 12.8 Å². The maximum absolute atomic E-state index is 10.9. The summed E-state index contributed by atoms with van der Waals surface area (Å²) in [6.07, 6.45) is 8.00. The molecule has 2 N–H and O–H groups in total. The van der Waals surface area contributed by atoms with Crippen LogP contribution in [-0.4, -0.2) is 22.3 Å². The molecule has 0 radical (unpaired) electrons. The van der Waals surface area contributed by atoms with Gasteiger partial charge in [-0.2, -0.15) is 0 Å². The zero-order valence-corrected chi connectivity index (χ0v) is 11.2. The normalized spacial score (nSPS) is 23.7. The zero-order chi connectivity index (χ0) is 13.8. The first-order valence-electron chi connectivity index (χ1n) is 6.78. The Bertz CT molecular complexity index is 491. The van der Waals surface area contributed by atoms with Crippen molar-refractivity contribution >= 4 is 12.0 Å². The van der Waals surface area contributed by atoms with Crippen LogP contribution >= 0.6 is 0 Å². The smallest absolute Gasteiger partial charge is 0.335 e. The van der Waals surface area contributed by atoms with E-state index in [1.54, 1.807) is 13.0 Å². The summed E-state index contributed by atoms with van der Waals surface area (Å²) in [6, 6.07) is 5.31. The van der Waals surface area contributed by atoms with E-state index in [1.807, 2.05) is 18.2 Å². The van der Waals surface area contributed by atoms with E-state index in [2.05, 4.69) is 6.08 Å². The molecule has 0 unspecified atom stereocenters. The van der Waals surface area contributed by atoms with Gasteiger partial charge in [0.25, 0.3) is 0 Å². The highest BCUT2D eigenvalue weighted by Crippen LogP contribution is 2.26. The van der Waals surface area contributed by atoms with Crippen LogP contribution in [0.3, 0.4) is 0 Å². The number of aliphatic hydroxyl groups excluding tert-OH is 1. The predicted octanol–water partition coefficient (Wildman–Crippen LogP) is 3.26. The van der Waals surface area contributed by atoms with Crippen LogP contribution in [0.1, 0.15) is 47.2 Å². The van der Waals surface area contributed by atoms with Crippen molar-refractivity contribution in [2.45, 2.75) is 38.7 Å². The summed E-state index contributed by atoms with van der Waals surface area (Å²) in [6.45, 7) is 1.80. The Balaban J connectivity index is 2.10. The third-order valence-corrected chi connectivity index (χ3v) is 3.80. The van der Waals surface area contributed by atoms with Crippen molar-refractivity contribution in [3.63, 3.8) is 0 Å². The van der Waals surface area contributed by atoms with Crippen molar-refractivity contribution in [3.05, 3.63) is 41.0 Å². The second-order valence-corrected chi connectivity index (χ2v) is 5.25. The molecule has 2 atom stereocenters. The van der Waals surface area contributed by atoms with Crippen LogP contribution in [0.4, 0.5) is 0 Å². The number of rotatable bonds is 3. The highest BCUT2D eigenvalue weighted by Gasteiger charge is 2.20. The van der Waals surface area contributed by atoms with Gasteiger partial charge in [0.15, 0.2) is 0 Å². The summed E-state index contributed by atoms with van der Waals surface area (Å²) < 4.78 is 0. The molecule has 0 spiro atoms. The lowest BCUT2D eigenvalue weighted by molar-refractivity contribution is 0.0696. The number of hydrogen-bond donors (Lipinski definition) is 2. The standard InChI is InChI=1S/C16H20O3/c1-11-10-12(7-9-14(11)16(18)19)6-8-13-4-2-3-5-15(13)17/h6-10,13,15,17H,2-5H2,1H3,(H,18,19)/b8-6+/t13-,15+/m0/s1. The van der Waals surface area contributed by atoms with Gasteiger partial charge in [-0.25, -0.2) is 4.79 Å². The number of aliphatic hydroxyl groups is 1. The molecule has 3 heteroatoms. The van der Waals surface area contributed by atoms with Crippen LogP contribution in [0.5, 0.6) is 0 Å². The molecule has 3 nitrogen and oxygen atoms in total. The molecule has 0 amide bonds. The van der Waals surface area contributed by atoms with E-state index in [0.29, 0.717) is 5.56 Å². The van der Waals surface area contributed by atoms with Gasteiger partial charge in [0.2, 0.25) is 0 Å². The molecule has 1 aromatic carbocycles. The maximum atomic E-state index is 10.9. The minimum Gasteiger partial charge on any atom is -0.478 e. The summed E-state index contributed by atoms with van der Waals surface area (Å²) in [5, 5.41) is 18.9. The van der Waals surface area contributed by atoms with Crippen molar-refractivity contribution in [1.29, 1.82) is 0 Å². The summed E-state index contributed by atoms with van der Waals surface area (Å²) in [7, 11) is 0. The predicted molar refractivity (Wildman–Crippen MR) is 75.1 cm³/mol. The van der Waals surface area contributed by atoms with Crippen LogP contribution in [-0.2, 0) is 0 Å². The number of carbonyl (C=O) groups is 1. The Morgan fingerprint density at radius 2 is 2.05 bits per heavy atom. The van der Waals surface area contributed by atoms with Crippen LogP contribution in [0.2, 0.25) is 0 Å². The van der Waals surface area contributed by atoms with Gasteiger partial charge >= 0.3 is 5.97 Å². The number of aryl methyl sites for hydroxylation is 1. The molecule has 1 aromatic rings. The second kappa shape index (κ2) is 6.02. The van der Waals surface area contributed by atoms with Gasteiger partial charge < -0.3 is 10.2 Å². The van der Waals surface area contributed by atoms with E-state index in [1.165, 1.54) is 6.42 Å². The van der Waals surface area contributed by atoms with E-state index in [-0.39, 0.29) is 12.0 Å². The van der Waals surface area contributed by atoms with E-state index in [9.17, 15) is 9.90 Å². The van der Waals surface area contributed by atoms with Gasteiger partial charge in [-0.05, 0) is 37.0 Å². The van der Waals surface area contributed by atoms with Gasteiger partial charge in [0.1, 0.15) is 0 Å². The van der Waals surface area contributed by atoms with Crippen molar-refractivity contribution in [2.24, 2.45) is 5.92 Å². The second-order valence-electron chi connectivity index (χ2n) is 5.25. The van der Waals surface area contributed by atoms with E-state index >= 15 is 0 Å². The highest BCUT2D eigenvalue weighted by atomic mass is 16.4. The number of aromatic carboxylic acids is 1. The molecule has 2 rings (SSSR count).